The normalized spacial score (nSPS) is 21.1. The van der Waals surface area contributed by atoms with Gasteiger partial charge in [0.15, 0.2) is 0 Å². The fraction of sp³-hybridized carbons (Fsp3) is 0.722. The van der Waals surface area contributed by atoms with E-state index in [1.165, 1.54) is 12.8 Å². The number of amides is 1. The molecule has 1 aromatic heterocycles. The number of anilines is 1. The number of aromatic nitrogens is 2. The van der Waals surface area contributed by atoms with Crippen molar-refractivity contribution in [1.29, 1.82) is 0 Å². The van der Waals surface area contributed by atoms with Crippen molar-refractivity contribution < 1.29 is 9.53 Å². The molecule has 0 N–H and O–H groups in total. The number of ether oxygens (including phenoxy) is 1. The summed E-state index contributed by atoms with van der Waals surface area (Å²) in [5.74, 6) is 0.885. The molecule has 7 heteroatoms. The van der Waals surface area contributed by atoms with Crippen molar-refractivity contribution in [2.45, 2.75) is 78.1 Å². The molecule has 0 radical (unpaired) electrons. The highest BCUT2D eigenvalue weighted by Crippen LogP contribution is 2.33. The van der Waals surface area contributed by atoms with Crippen molar-refractivity contribution in [2.75, 3.05) is 11.4 Å². The molecule has 1 amide bonds. The lowest BCUT2D eigenvalue weighted by molar-refractivity contribution is 0.0241. The maximum Gasteiger partial charge on any atom is 0.410 e. The number of carbonyl (C=O) groups is 1. The van der Waals surface area contributed by atoms with E-state index in [1.807, 2.05) is 20.8 Å². The molecule has 0 saturated carbocycles. The fourth-order valence-corrected chi connectivity index (χ4v) is 3.67. The Kier molecular flexibility index (Phi) is 5.09. The molecule has 1 fully saturated rings. The molecule has 3 heterocycles. The summed E-state index contributed by atoms with van der Waals surface area (Å²) >= 11 is 6.19. The van der Waals surface area contributed by atoms with Crippen LogP contribution in [0.15, 0.2) is 0 Å². The van der Waals surface area contributed by atoms with Gasteiger partial charge in [0.25, 0.3) is 0 Å². The smallest absolute Gasteiger partial charge is 0.410 e. The van der Waals surface area contributed by atoms with Gasteiger partial charge in [-0.1, -0.05) is 12.8 Å². The maximum absolute atomic E-state index is 12.4. The van der Waals surface area contributed by atoms with Crippen LogP contribution in [-0.4, -0.2) is 39.1 Å². The average Bonchev–Trinajstić information content (AvgIpc) is 2.81. The minimum absolute atomic E-state index is 0.247. The first-order valence-electron chi connectivity index (χ1n) is 9.04. The van der Waals surface area contributed by atoms with Crippen LogP contribution in [0.5, 0.6) is 0 Å². The van der Waals surface area contributed by atoms with E-state index in [1.54, 1.807) is 4.90 Å². The van der Waals surface area contributed by atoms with Crippen molar-refractivity contribution in [3.05, 3.63) is 16.5 Å². The van der Waals surface area contributed by atoms with E-state index in [2.05, 4.69) is 21.8 Å². The summed E-state index contributed by atoms with van der Waals surface area (Å²) in [6, 6.07) is 0.410. The van der Waals surface area contributed by atoms with E-state index in [9.17, 15) is 4.79 Å². The Bertz CT molecular complexity index is 659. The standard InChI is InChI=1S/C18H27ClN4O2/c1-12-8-6-5-7-9-23(12)15-13-10-22(17(24)25-18(2,3)4)11-14(13)20-16(19)21-15/h12H,5-11H2,1-4H3/t12-/m0/s1. The summed E-state index contributed by atoms with van der Waals surface area (Å²) in [6.45, 7) is 9.70. The molecule has 1 saturated heterocycles. The number of rotatable bonds is 1. The second-order valence-corrected chi connectivity index (χ2v) is 8.31. The molecule has 1 aromatic rings. The zero-order valence-corrected chi connectivity index (χ0v) is 16.3. The van der Waals surface area contributed by atoms with Crippen LogP contribution in [0.25, 0.3) is 0 Å². The number of hydrogen-bond donors (Lipinski definition) is 0. The molecular weight excluding hydrogens is 340 g/mol. The van der Waals surface area contributed by atoms with Crippen LogP contribution in [0.1, 0.15) is 64.6 Å². The van der Waals surface area contributed by atoms with E-state index in [0.717, 1.165) is 36.5 Å². The zero-order valence-electron chi connectivity index (χ0n) is 15.5. The van der Waals surface area contributed by atoms with Gasteiger partial charge in [0.1, 0.15) is 11.4 Å². The van der Waals surface area contributed by atoms with Crippen molar-refractivity contribution in [1.82, 2.24) is 14.9 Å². The van der Waals surface area contributed by atoms with E-state index < -0.39 is 5.60 Å². The Morgan fingerprint density at radius 3 is 2.68 bits per heavy atom. The Balaban J connectivity index is 1.87. The molecule has 138 valence electrons. The first-order valence-corrected chi connectivity index (χ1v) is 9.42. The van der Waals surface area contributed by atoms with Crippen molar-refractivity contribution in [3.63, 3.8) is 0 Å². The molecule has 1 atom stereocenters. The molecule has 2 aliphatic heterocycles. The zero-order chi connectivity index (χ0) is 18.2. The lowest BCUT2D eigenvalue weighted by Gasteiger charge is -2.30. The Labute approximate surface area is 154 Å². The van der Waals surface area contributed by atoms with E-state index in [4.69, 9.17) is 16.3 Å². The van der Waals surface area contributed by atoms with Crippen LogP contribution >= 0.6 is 11.6 Å². The third kappa shape index (κ3) is 4.17. The summed E-state index contributed by atoms with van der Waals surface area (Å²) < 4.78 is 5.50. The van der Waals surface area contributed by atoms with Gasteiger partial charge in [0.2, 0.25) is 5.28 Å². The lowest BCUT2D eigenvalue weighted by Crippen LogP contribution is -2.35. The van der Waals surface area contributed by atoms with Crippen molar-refractivity contribution in [3.8, 4) is 0 Å². The summed E-state index contributed by atoms with van der Waals surface area (Å²) in [5, 5.41) is 0.247. The molecule has 6 nitrogen and oxygen atoms in total. The van der Waals surface area contributed by atoms with Crippen LogP contribution in [-0.2, 0) is 17.8 Å². The minimum atomic E-state index is -0.517. The number of nitrogens with zero attached hydrogens (tertiary/aromatic N) is 4. The first-order chi connectivity index (χ1) is 11.7. The number of hydrogen-bond acceptors (Lipinski definition) is 5. The second-order valence-electron chi connectivity index (χ2n) is 7.97. The van der Waals surface area contributed by atoms with Crippen molar-refractivity contribution >= 4 is 23.5 Å². The SMILES string of the molecule is C[C@H]1CCCCCN1c1nc(Cl)nc2c1CN(C(=O)OC(C)(C)C)C2. The molecule has 2 aliphatic rings. The highest BCUT2D eigenvalue weighted by Gasteiger charge is 2.33. The molecule has 0 bridgehead atoms. The Morgan fingerprint density at radius 2 is 1.96 bits per heavy atom. The van der Waals surface area contributed by atoms with E-state index >= 15 is 0 Å². The van der Waals surface area contributed by atoms with Gasteiger partial charge >= 0.3 is 6.09 Å². The minimum Gasteiger partial charge on any atom is -0.444 e. The molecule has 3 rings (SSSR count). The average molecular weight is 367 g/mol. The van der Waals surface area contributed by atoms with Crippen molar-refractivity contribution in [2.24, 2.45) is 0 Å². The van der Waals surface area contributed by atoms with Gasteiger partial charge in [-0.05, 0) is 52.1 Å². The van der Waals surface area contributed by atoms with Crippen LogP contribution in [0.3, 0.4) is 0 Å². The summed E-state index contributed by atoms with van der Waals surface area (Å²) in [5.41, 5.74) is 1.32. The van der Waals surface area contributed by atoms with Crippen LogP contribution in [0.4, 0.5) is 10.6 Å². The summed E-state index contributed by atoms with van der Waals surface area (Å²) in [7, 11) is 0. The van der Waals surface area contributed by atoms with Crippen LogP contribution < -0.4 is 4.90 Å². The van der Waals surface area contributed by atoms with Gasteiger partial charge in [0, 0.05) is 18.2 Å². The van der Waals surface area contributed by atoms with Gasteiger partial charge in [-0.25, -0.2) is 14.8 Å². The lowest BCUT2D eigenvalue weighted by atomic mass is 10.1. The highest BCUT2D eigenvalue weighted by atomic mass is 35.5. The van der Waals surface area contributed by atoms with Gasteiger partial charge < -0.3 is 9.64 Å². The molecule has 0 aliphatic carbocycles. The Hall–Kier alpha value is -1.56. The molecule has 0 spiro atoms. The van der Waals surface area contributed by atoms with Gasteiger partial charge in [-0.2, -0.15) is 0 Å². The van der Waals surface area contributed by atoms with Gasteiger partial charge in [-0.3, -0.25) is 4.90 Å². The summed E-state index contributed by atoms with van der Waals surface area (Å²) in [4.78, 5) is 25.3. The third-order valence-corrected chi connectivity index (χ3v) is 4.88. The maximum atomic E-state index is 12.4. The predicted octanol–water partition coefficient (Wildman–Crippen LogP) is 4.15. The fourth-order valence-electron chi connectivity index (χ4n) is 3.49. The number of carbonyl (C=O) groups excluding carboxylic acids is 1. The molecular formula is C18H27ClN4O2. The largest absolute Gasteiger partial charge is 0.444 e. The van der Waals surface area contributed by atoms with E-state index in [0.29, 0.717) is 19.1 Å². The van der Waals surface area contributed by atoms with Gasteiger partial charge in [0.05, 0.1) is 18.8 Å². The van der Waals surface area contributed by atoms with E-state index in [-0.39, 0.29) is 11.4 Å². The van der Waals surface area contributed by atoms with Crippen LogP contribution in [0.2, 0.25) is 5.28 Å². The Morgan fingerprint density at radius 1 is 1.20 bits per heavy atom. The topological polar surface area (TPSA) is 58.6 Å². The second kappa shape index (κ2) is 6.98. The number of fused-ring (bicyclic) bond motifs is 1. The highest BCUT2D eigenvalue weighted by molar-refractivity contribution is 6.28. The monoisotopic (exact) mass is 366 g/mol. The molecule has 0 aromatic carbocycles. The summed E-state index contributed by atoms with van der Waals surface area (Å²) in [6.07, 6.45) is 4.45. The molecule has 25 heavy (non-hydrogen) atoms. The number of halogens is 1. The van der Waals surface area contributed by atoms with Gasteiger partial charge in [-0.15, -0.1) is 0 Å². The third-order valence-electron chi connectivity index (χ3n) is 4.71. The van der Waals surface area contributed by atoms with Crippen LogP contribution in [0, 0.1) is 0 Å². The predicted molar refractivity (Wildman–Crippen MR) is 97.8 cm³/mol. The quantitative estimate of drug-likeness (QED) is 0.699. The molecule has 0 unspecified atom stereocenters. The first kappa shape index (κ1) is 18.2.